The molecule has 2 heterocycles. The highest BCUT2D eigenvalue weighted by Crippen LogP contribution is 2.39. The van der Waals surface area contributed by atoms with Gasteiger partial charge in [0.15, 0.2) is 16.7 Å². The molecule has 8 nitrogen and oxygen atoms in total. The maximum Gasteiger partial charge on any atom is 0.338 e. The monoisotopic (exact) mass is 454 g/mol. The van der Waals surface area contributed by atoms with Gasteiger partial charge in [0, 0.05) is 11.4 Å². The number of amidine groups is 1. The highest BCUT2D eigenvalue weighted by molar-refractivity contribution is 8.13. The smallest absolute Gasteiger partial charge is 0.338 e. The van der Waals surface area contributed by atoms with Gasteiger partial charge in [-0.1, -0.05) is 30.0 Å². The zero-order valence-electron chi connectivity index (χ0n) is 17.6. The van der Waals surface area contributed by atoms with Crippen molar-refractivity contribution < 1.29 is 28.9 Å². The van der Waals surface area contributed by atoms with Crippen LogP contribution >= 0.6 is 11.8 Å². The van der Waals surface area contributed by atoms with Crippen LogP contribution < -0.4 is 14.8 Å². The number of carboxylic acids is 1. The third-order valence-corrected chi connectivity index (χ3v) is 5.93. The van der Waals surface area contributed by atoms with Crippen LogP contribution in [-0.4, -0.2) is 35.6 Å². The highest BCUT2D eigenvalue weighted by atomic mass is 32.2. The maximum absolute atomic E-state index is 12.7. The molecule has 0 spiro atoms. The first-order valence-corrected chi connectivity index (χ1v) is 11.0. The number of carbonyl (C=O) groups excluding carboxylic acids is 1. The Balaban J connectivity index is 1.61. The number of thioether (sulfide) groups is 1. The highest BCUT2D eigenvalue weighted by Gasteiger charge is 2.31. The number of hydrogen-bond acceptors (Lipinski definition) is 8. The van der Waals surface area contributed by atoms with Crippen molar-refractivity contribution >= 4 is 28.9 Å². The van der Waals surface area contributed by atoms with E-state index >= 15 is 0 Å². The Bertz CT molecular complexity index is 1130. The molecule has 2 aromatic rings. The molecule has 2 aliphatic rings. The number of ether oxygens (including phenoxy) is 3. The molecule has 0 bridgehead atoms. The second-order valence-electron chi connectivity index (χ2n) is 7.13. The van der Waals surface area contributed by atoms with Gasteiger partial charge in [-0.3, -0.25) is 0 Å². The van der Waals surface area contributed by atoms with Crippen molar-refractivity contribution in [2.75, 3.05) is 13.4 Å². The number of hydrogen-bond donors (Lipinski definition) is 2. The van der Waals surface area contributed by atoms with Crippen molar-refractivity contribution in [2.45, 2.75) is 25.6 Å². The Hall–Kier alpha value is -3.46. The van der Waals surface area contributed by atoms with Gasteiger partial charge in [0.25, 0.3) is 0 Å². The molecular weight excluding hydrogens is 432 g/mol. The first-order chi connectivity index (χ1) is 15.5. The summed E-state index contributed by atoms with van der Waals surface area (Å²) < 4.78 is 16.2. The fraction of sp³-hybridized carbons (Fsp3) is 0.261. The third kappa shape index (κ3) is 4.57. The molecule has 0 saturated carbocycles. The van der Waals surface area contributed by atoms with Crippen molar-refractivity contribution in [1.82, 2.24) is 5.32 Å². The Morgan fingerprint density at radius 2 is 2.03 bits per heavy atom. The van der Waals surface area contributed by atoms with Crippen molar-refractivity contribution in [3.05, 3.63) is 70.4 Å². The molecule has 2 aliphatic heterocycles. The van der Waals surface area contributed by atoms with E-state index in [0.717, 1.165) is 11.1 Å². The van der Waals surface area contributed by atoms with E-state index < -0.39 is 18.0 Å². The molecule has 2 aromatic carbocycles. The molecule has 1 atom stereocenters. The van der Waals surface area contributed by atoms with Gasteiger partial charge in [-0.15, -0.1) is 0 Å². The van der Waals surface area contributed by atoms with E-state index in [1.807, 2.05) is 25.1 Å². The summed E-state index contributed by atoms with van der Waals surface area (Å²) in [6.07, 6.45) is 0. The molecule has 9 heteroatoms. The zero-order valence-corrected chi connectivity index (χ0v) is 18.4. The predicted molar refractivity (Wildman–Crippen MR) is 120 cm³/mol. The molecule has 0 fully saturated rings. The molecule has 166 valence electrons. The number of nitrogens with one attached hydrogen (secondary N) is 1. The fourth-order valence-corrected chi connectivity index (χ4v) is 4.35. The van der Waals surface area contributed by atoms with Crippen LogP contribution in [0.2, 0.25) is 0 Å². The Morgan fingerprint density at radius 3 is 2.81 bits per heavy atom. The standard InChI is InChI=1S/C23H22N2O6S/c1-3-29-22(28)19-13(2)24-23(32-11-14-5-4-6-16(9-14)21(26)27)25-20(19)15-7-8-17-18(10-15)31-12-30-17/h4-10,20H,3,11-12H2,1-2H3,(H,24,25)(H,26,27)/t20-/m0/s1. The normalized spacial score (nSPS) is 16.9. The molecule has 2 N–H and O–H groups in total. The first-order valence-electron chi connectivity index (χ1n) is 10.0. The number of aromatic carboxylic acids is 1. The molecule has 32 heavy (non-hydrogen) atoms. The summed E-state index contributed by atoms with van der Waals surface area (Å²) in [6.45, 7) is 3.99. The molecule has 0 aromatic heterocycles. The van der Waals surface area contributed by atoms with Gasteiger partial charge in [0.05, 0.1) is 17.7 Å². The van der Waals surface area contributed by atoms with E-state index in [9.17, 15) is 14.7 Å². The molecule has 4 rings (SSSR count). The number of rotatable bonds is 6. The summed E-state index contributed by atoms with van der Waals surface area (Å²) in [7, 11) is 0. The molecule has 0 aliphatic carbocycles. The van der Waals surface area contributed by atoms with Crippen molar-refractivity contribution in [1.29, 1.82) is 0 Å². The summed E-state index contributed by atoms with van der Waals surface area (Å²) in [4.78, 5) is 28.7. The molecule has 0 amide bonds. The van der Waals surface area contributed by atoms with Gasteiger partial charge in [-0.05, 0) is 49.2 Å². The summed E-state index contributed by atoms with van der Waals surface area (Å²) in [5, 5.41) is 13.0. The van der Waals surface area contributed by atoms with Crippen LogP contribution in [0.5, 0.6) is 11.5 Å². The van der Waals surface area contributed by atoms with Crippen LogP contribution in [0.25, 0.3) is 0 Å². The van der Waals surface area contributed by atoms with Crippen LogP contribution in [0.1, 0.15) is 41.4 Å². The lowest BCUT2D eigenvalue weighted by Gasteiger charge is -2.26. The number of nitrogens with zero attached hydrogens (tertiary/aromatic N) is 1. The molecular formula is C23H22N2O6S. The van der Waals surface area contributed by atoms with E-state index in [0.29, 0.717) is 33.7 Å². The molecule has 0 unspecified atom stereocenters. The number of esters is 1. The SMILES string of the molecule is CCOC(=O)C1=C(C)NC(SCc2cccc(C(=O)O)c2)=N[C@H]1c1ccc2c(c1)OCO2. The minimum atomic E-state index is -0.967. The number of fused-ring (bicyclic) bond motifs is 1. The Morgan fingerprint density at radius 1 is 1.22 bits per heavy atom. The maximum atomic E-state index is 12.7. The Labute approximate surface area is 189 Å². The second-order valence-corrected chi connectivity index (χ2v) is 8.09. The van der Waals surface area contributed by atoms with Gasteiger partial charge in [-0.25, -0.2) is 14.6 Å². The number of benzene rings is 2. The summed E-state index contributed by atoms with van der Waals surface area (Å²) >= 11 is 1.43. The number of carbonyl (C=O) groups is 2. The van der Waals surface area contributed by atoms with Crippen LogP contribution in [0.15, 0.2) is 58.7 Å². The lowest BCUT2D eigenvalue weighted by Crippen LogP contribution is -2.30. The summed E-state index contributed by atoms with van der Waals surface area (Å²) in [6, 6.07) is 11.7. The summed E-state index contributed by atoms with van der Waals surface area (Å²) in [5.41, 5.74) is 2.97. The van der Waals surface area contributed by atoms with Crippen molar-refractivity contribution in [2.24, 2.45) is 4.99 Å². The van der Waals surface area contributed by atoms with Gasteiger partial charge < -0.3 is 24.6 Å². The average Bonchev–Trinajstić information content (AvgIpc) is 3.25. The third-order valence-electron chi connectivity index (χ3n) is 4.98. The second kappa shape index (κ2) is 9.35. The van der Waals surface area contributed by atoms with Gasteiger partial charge in [0.2, 0.25) is 6.79 Å². The number of aliphatic imine (C=N–C) groups is 1. The summed E-state index contributed by atoms with van der Waals surface area (Å²) in [5.74, 6) is 0.380. The number of allylic oxidation sites excluding steroid dienone is 1. The Kier molecular flexibility index (Phi) is 6.36. The van der Waals surface area contributed by atoms with Crippen molar-refractivity contribution in [3.63, 3.8) is 0 Å². The van der Waals surface area contributed by atoms with Crippen molar-refractivity contribution in [3.8, 4) is 11.5 Å². The lowest BCUT2D eigenvalue weighted by molar-refractivity contribution is -0.138. The minimum Gasteiger partial charge on any atom is -0.478 e. The first kappa shape index (κ1) is 21.8. The fourth-order valence-electron chi connectivity index (χ4n) is 3.46. The van der Waals surface area contributed by atoms with E-state index in [4.69, 9.17) is 19.2 Å². The van der Waals surface area contributed by atoms with E-state index in [1.165, 1.54) is 11.8 Å². The quantitative estimate of drug-likeness (QED) is 0.634. The van der Waals surface area contributed by atoms with Gasteiger partial charge >= 0.3 is 11.9 Å². The zero-order chi connectivity index (χ0) is 22.7. The van der Waals surface area contributed by atoms with Crippen LogP contribution in [-0.2, 0) is 15.3 Å². The van der Waals surface area contributed by atoms with Gasteiger partial charge in [-0.2, -0.15) is 0 Å². The van der Waals surface area contributed by atoms with Gasteiger partial charge in [0.1, 0.15) is 6.04 Å². The van der Waals surface area contributed by atoms with E-state index in [2.05, 4.69) is 5.32 Å². The van der Waals surface area contributed by atoms with Crippen LogP contribution in [0, 0.1) is 0 Å². The van der Waals surface area contributed by atoms with Crippen LogP contribution in [0.3, 0.4) is 0 Å². The predicted octanol–water partition coefficient (Wildman–Crippen LogP) is 3.88. The van der Waals surface area contributed by atoms with E-state index in [-0.39, 0.29) is 19.0 Å². The average molecular weight is 455 g/mol. The molecule has 0 saturated heterocycles. The molecule has 0 radical (unpaired) electrons. The number of carboxylic acid groups (broad SMARTS) is 1. The largest absolute Gasteiger partial charge is 0.478 e. The lowest BCUT2D eigenvalue weighted by atomic mass is 9.96. The topological polar surface area (TPSA) is 106 Å². The van der Waals surface area contributed by atoms with E-state index in [1.54, 1.807) is 31.2 Å². The minimum absolute atomic E-state index is 0.157. The van der Waals surface area contributed by atoms with Crippen LogP contribution in [0.4, 0.5) is 0 Å².